The molecule has 140 valence electrons. The van der Waals surface area contributed by atoms with E-state index < -0.39 is 0 Å². The Hall–Kier alpha value is -0.0300. The van der Waals surface area contributed by atoms with Gasteiger partial charge in [-0.15, -0.1) is 24.8 Å². The molecule has 6 heteroatoms. The van der Waals surface area contributed by atoms with E-state index in [0.29, 0.717) is 17.7 Å². The molecule has 2 heterocycles. The molecular weight excluding hydrogens is 345 g/mol. The predicted molar refractivity (Wildman–Crippen MR) is 102 cm³/mol. The molecule has 4 nitrogen and oxygen atoms in total. The average Bonchev–Trinajstić information content (AvgIpc) is 3.24. The number of nitrogens with zero attached hydrogens (tertiary/aromatic N) is 2. The molecule has 2 bridgehead atoms. The van der Waals surface area contributed by atoms with E-state index in [9.17, 15) is 4.79 Å². The lowest BCUT2D eigenvalue weighted by molar-refractivity contribution is -0.139. The molecule has 4 atom stereocenters. The molecule has 2 aliphatic carbocycles. The summed E-state index contributed by atoms with van der Waals surface area (Å²) in [7, 11) is 0. The molecule has 4 unspecified atom stereocenters. The fourth-order valence-corrected chi connectivity index (χ4v) is 5.58. The fraction of sp³-hybridized carbons (Fsp3) is 0.944. The highest BCUT2D eigenvalue weighted by molar-refractivity contribution is 5.85. The number of rotatable bonds is 3. The highest BCUT2D eigenvalue weighted by Gasteiger charge is 2.50. The van der Waals surface area contributed by atoms with E-state index in [1.807, 2.05) is 0 Å². The Bertz CT molecular complexity index is 420. The van der Waals surface area contributed by atoms with Gasteiger partial charge in [-0.1, -0.05) is 0 Å². The summed E-state index contributed by atoms with van der Waals surface area (Å²) in [6.07, 6.45) is 8.84. The van der Waals surface area contributed by atoms with Crippen LogP contribution in [0.3, 0.4) is 0 Å². The predicted octanol–water partition coefficient (Wildman–Crippen LogP) is 2.54. The zero-order valence-corrected chi connectivity index (χ0v) is 16.2. The molecule has 1 amide bonds. The van der Waals surface area contributed by atoms with Gasteiger partial charge in [0.2, 0.25) is 5.91 Å². The van der Waals surface area contributed by atoms with Crippen LogP contribution in [0, 0.1) is 23.7 Å². The van der Waals surface area contributed by atoms with Crippen LogP contribution in [0.1, 0.15) is 44.9 Å². The number of piperidine rings is 1. The van der Waals surface area contributed by atoms with Gasteiger partial charge < -0.3 is 15.5 Å². The number of halogens is 2. The molecule has 2 N–H and O–H groups in total. The van der Waals surface area contributed by atoms with E-state index in [2.05, 4.69) is 9.80 Å². The third-order valence-corrected chi connectivity index (χ3v) is 6.91. The van der Waals surface area contributed by atoms with Crippen molar-refractivity contribution in [3.63, 3.8) is 0 Å². The van der Waals surface area contributed by atoms with Crippen LogP contribution in [-0.2, 0) is 4.79 Å². The molecular formula is C18H33Cl2N3O. The summed E-state index contributed by atoms with van der Waals surface area (Å²) in [5.41, 5.74) is 6.35. The van der Waals surface area contributed by atoms with Crippen LogP contribution in [0.5, 0.6) is 0 Å². The van der Waals surface area contributed by atoms with Crippen molar-refractivity contribution in [1.29, 1.82) is 0 Å². The lowest BCUT2D eigenvalue weighted by atomic mass is 9.83. The van der Waals surface area contributed by atoms with Crippen LogP contribution < -0.4 is 5.73 Å². The Balaban J connectivity index is 0.00000104. The zero-order chi connectivity index (χ0) is 15.1. The van der Waals surface area contributed by atoms with E-state index in [1.54, 1.807) is 0 Å². The second-order valence-corrected chi connectivity index (χ2v) is 8.21. The number of hydrogen-bond donors (Lipinski definition) is 1. The van der Waals surface area contributed by atoms with Crippen molar-refractivity contribution in [2.75, 3.05) is 32.7 Å². The van der Waals surface area contributed by atoms with E-state index in [1.165, 1.54) is 64.6 Å². The molecule has 0 aromatic heterocycles. The van der Waals surface area contributed by atoms with E-state index >= 15 is 0 Å². The van der Waals surface area contributed by atoms with Crippen molar-refractivity contribution >= 4 is 30.7 Å². The third-order valence-electron chi connectivity index (χ3n) is 6.91. The first-order chi connectivity index (χ1) is 10.7. The van der Waals surface area contributed by atoms with Gasteiger partial charge in [-0.05, 0) is 75.8 Å². The Morgan fingerprint density at radius 2 is 1.54 bits per heavy atom. The van der Waals surface area contributed by atoms with Gasteiger partial charge in [-0.25, -0.2) is 0 Å². The van der Waals surface area contributed by atoms with Crippen molar-refractivity contribution in [3.05, 3.63) is 0 Å². The minimum atomic E-state index is 0. The van der Waals surface area contributed by atoms with Gasteiger partial charge in [0.15, 0.2) is 0 Å². The maximum atomic E-state index is 12.9. The maximum Gasteiger partial charge on any atom is 0.227 e. The molecule has 4 aliphatic rings. The second kappa shape index (κ2) is 8.57. The van der Waals surface area contributed by atoms with Gasteiger partial charge in [-0.2, -0.15) is 0 Å². The van der Waals surface area contributed by atoms with Gasteiger partial charge >= 0.3 is 0 Å². The van der Waals surface area contributed by atoms with Crippen LogP contribution in [-0.4, -0.2) is 54.5 Å². The molecule has 24 heavy (non-hydrogen) atoms. The second-order valence-electron chi connectivity index (χ2n) is 8.21. The smallest absolute Gasteiger partial charge is 0.227 e. The molecule has 0 spiro atoms. The summed E-state index contributed by atoms with van der Waals surface area (Å²) in [5.74, 6) is 2.56. The number of fused-ring (bicyclic) bond motifs is 2. The molecule has 0 radical (unpaired) electrons. The largest absolute Gasteiger partial charge is 0.342 e. The molecule has 2 aliphatic heterocycles. The first-order valence-corrected chi connectivity index (χ1v) is 9.49. The summed E-state index contributed by atoms with van der Waals surface area (Å²) in [6.45, 7) is 5.78. The number of nitrogens with two attached hydrogens (primary N) is 1. The van der Waals surface area contributed by atoms with Crippen molar-refractivity contribution in [1.82, 2.24) is 9.80 Å². The van der Waals surface area contributed by atoms with E-state index in [-0.39, 0.29) is 36.8 Å². The molecule has 0 aromatic carbocycles. The van der Waals surface area contributed by atoms with Gasteiger partial charge in [0.25, 0.3) is 0 Å². The molecule has 0 aromatic rings. The van der Waals surface area contributed by atoms with Crippen molar-refractivity contribution < 1.29 is 4.79 Å². The molecule has 2 saturated heterocycles. The number of likely N-dealkylation sites (tertiary alicyclic amines) is 2. The van der Waals surface area contributed by atoms with Gasteiger partial charge in [-0.3, -0.25) is 4.79 Å². The van der Waals surface area contributed by atoms with Crippen LogP contribution in [0.2, 0.25) is 0 Å². The maximum absolute atomic E-state index is 12.9. The first kappa shape index (κ1) is 20.3. The van der Waals surface area contributed by atoms with E-state index in [4.69, 9.17) is 5.73 Å². The lowest BCUT2D eigenvalue weighted by Crippen LogP contribution is -2.49. The lowest BCUT2D eigenvalue weighted by Gasteiger charge is -2.37. The minimum absolute atomic E-state index is 0. The van der Waals surface area contributed by atoms with Gasteiger partial charge in [0.1, 0.15) is 0 Å². The summed E-state index contributed by atoms with van der Waals surface area (Å²) in [4.78, 5) is 17.7. The minimum Gasteiger partial charge on any atom is -0.342 e. The zero-order valence-electron chi connectivity index (χ0n) is 14.6. The normalized spacial score (nSPS) is 36.5. The van der Waals surface area contributed by atoms with Crippen molar-refractivity contribution in [2.24, 2.45) is 29.4 Å². The Morgan fingerprint density at radius 3 is 2.12 bits per heavy atom. The SMILES string of the molecule is Cl.Cl.NC1C2CCC(C2)C1C(=O)N1CCC(CN2CCCC2)CC1. The molecule has 4 fully saturated rings. The summed E-state index contributed by atoms with van der Waals surface area (Å²) in [6, 6.07) is 0.147. The van der Waals surface area contributed by atoms with E-state index in [0.717, 1.165) is 19.0 Å². The first-order valence-electron chi connectivity index (χ1n) is 9.49. The van der Waals surface area contributed by atoms with Crippen molar-refractivity contribution in [2.45, 2.75) is 51.0 Å². The summed E-state index contributed by atoms with van der Waals surface area (Å²) < 4.78 is 0. The molecule has 2 saturated carbocycles. The van der Waals surface area contributed by atoms with Crippen molar-refractivity contribution in [3.8, 4) is 0 Å². The van der Waals surface area contributed by atoms with Gasteiger partial charge in [0.05, 0.1) is 5.92 Å². The fourth-order valence-electron chi connectivity index (χ4n) is 5.58. The highest BCUT2D eigenvalue weighted by Crippen LogP contribution is 2.48. The summed E-state index contributed by atoms with van der Waals surface area (Å²) in [5, 5.41) is 0. The Morgan fingerprint density at radius 1 is 0.917 bits per heavy atom. The number of hydrogen-bond acceptors (Lipinski definition) is 3. The highest BCUT2D eigenvalue weighted by atomic mass is 35.5. The topological polar surface area (TPSA) is 49.6 Å². The van der Waals surface area contributed by atoms with Gasteiger partial charge in [0, 0.05) is 25.7 Å². The number of carbonyl (C=O) groups is 1. The monoisotopic (exact) mass is 377 g/mol. The van der Waals surface area contributed by atoms with Crippen LogP contribution >= 0.6 is 24.8 Å². The average molecular weight is 378 g/mol. The Kier molecular flexibility index (Phi) is 7.24. The number of amides is 1. The van der Waals surface area contributed by atoms with Crippen LogP contribution in [0.4, 0.5) is 0 Å². The third kappa shape index (κ3) is 3.87. The summed E-state index contributed by atoms with van der Waals surface area (Å²) >= 11 is 0. The quantitative estimate of drug-likeness (QED) is 0.821. The number of carbonyl (C=O) groups excluding carboxylic acids is 1. The van der Waals surface area contributed by atoms with Crippen LogP contribution in [0.25, 0.3) is 0 Å². The Labute approximate surface area is 158 Å². The molecule has 4 rings (SSSR count). The van der Waals surface area contributed by atoms with Crippen LogP contribution in [0.15, 0.2) is 0 Å². The standard InChI is InChI=1S/C18H31N3O.2ClH/c19-17-15-4-3-14(11-15)16(17)18(22)21-9-5-13(6-10-21)12-20-7-1-2-8-20;;/h13-17H,1-12,19H2;2*1H.